The molecule has 0 fully saturated rings. The molecule has 0 bridgehead atoms. The Morgan fingerprint density at radius 3 is 1.15 bits per heavy atom. The van der Waals surface area contributed by atoms with E-state index in [-0.39, 0.29) is 0 Å². The molecule has 0 aliphatic carbocycles. The first kappa shape index (κ1) is 55.7. The quantitative estimate of drug-likeness (QED) is 0.108. The van der Waals surface area contributed by atoms with E-state index >= 15 is 0 Å². The molecule has 0 N–H and O–H groups in total. The average Bonchev–Trinajstić information content (AvgIpc) is 0.751. The number of rotatable bonds is 8. The smallest absolute Gasteiger partial charge is 0.0978 e. The molecule has 0 aliphatic rings. The third-order valence-electron chi connectivity index (χ3n) is 18.2. The minimum absolute atomic E-state index is 0.800. The number of nitrogens with zero attached hydrogens (tertiary/aromatic N) is 9. The zero-order valence-electron chi connectivity index (χ0n) is 51.6. The Labute approximate surface area is 551 Å². The number of aromatic nitrogens is 9. The van der Waals surface area contributed by atoms with E-state index in [2.05, 4.69) is 234 Å². The minimum Gasteiger partial charge on any atom is -0.255 e. The summed E-state index contributed by atoms with van der Waals surface area (Å²) in [7, 11) is 0. The molecule has 0 saturated heterocycles. The summed E-state index contributed by atoms with van der Waals surface area (Å²) in [5.41, 5.74) is 23.2. The van der Waals surface area contributed by atoms with Gasteiger partial charge in [-0.15, -0.1) is 0 Å². The van der Waals surface area contributed by atoms with Gasteiger partial charge < -0.3 is 0 Å². The van der Waals surface area contributed by atoms with Gasteiger partial charge in [0.15, 0.2) is 0 Å². The molecule has 0 amide bonds. The second-order valence-electron chi connectivity index (χ2n) is 24.0. The Morgan fingerprint density at radius 1 is 0.177 bits per heavy atom. The molecule has 19 rings (SSSR count). The van der Waals surface area contributed by atoms with E-state index in [1.54, 1.807) is 12.4 Å². The van der Waals surface area contributed by atoms with Crippen molar-refractivity contribution in [3.05, 3.63) is 322 Å². The Balaban J connectivity index is 0.000000141. The lowest BCUT2D eigenvalue weighted by Gasteiger charge is -2.15. The Kier molecular flexibility index (Phi) is 13.7. The van der Waals surface area contributed by atoms with Gasteiger partial charge in [-0.1, -0.05) is 224 Å². The van der Waals surface area contributed by atoms with Gasteiger partial charge in [0.2, 0.25) is 0 Å². The normalized spacial score (nSPS) is 11.5. The van der Waals surface area contributed by atoms with Gasteiger partial charge in [0.05, 0.1) is 89.7 Å². The maximum Gasteiger partial charge on any atom is 0.0978 e. The van der Waals surface area contributed by atoms with Crippen LogP contribution >= 0.6 is 0 Å². The van der Waals surface area contributed by atoms with Crippen LogP contribution in [0.2, 0.25) is 0 Å². The molecule has 0 atom stereocenters. The summed E-state index contributed by atoms with van der Waals surface area (Å²) in [6.45, 7) is 0. The van der Waals surface area contributed by atoms with E-state index in [0.717, 1.165) is 166 Å². The fraction of sp³-hybridized carbons (Fsp3) is 0. The van der Waals surface area contributed by atoms with Crippen LogP contribution in [0.4, 0.5) is 0 Å². The highest BCUT2D eigenvalue weighted by molar-refractivity contribution is 6.18. The van der Waals surface area contributed by atoms with E-state index < -0.39 is 0 Å². The van der Waals surface area contributed by atoms with Crippen molar-refractivity contribution >= 4 is 98.0 Å². The number of benzene rings is 10. The fourth-order valence-corrected chi connectivity index (χ4v) is 13.6. The van der Waals surface area contributed by atoms with E-state index in [9.17, 15) is 0 Å². The van der Waals surface area contributed by atoms with Crippen LogP contribution in [0.3, 0.4) is 0 Å². The highest BCUT2D eigenvalue weighted by atomic mass is 14.8. The highest BCUT2D eigenvalue weighted by Gasteiger charge is 2.19. The summed E-state index contributed by atoms with van der Waals surface area (Å²) >= 11 is 0. The first-order valence-electron chi connectivity index (χ1n) is 32.1. The molecule has 96 heavy (non-hydrogen) atoms. The summed E-state index contributed by atoms with van der Waals surface area (Å²) in [6.07, 6.45) is 3.59. The molecule has 0 saturated carbocycles. The predicted molar refractivity (Wildman–Crippen MR) is 394 cm³/mol. The van der Waals surface area contributed by atoms with Gasteiger partial charge in [-0.25, -0.2) is 34.9 Å². The molecule has 9 nitrogen and oxygen atoms in total. The molecule has 9 heterocycles. The monoisotopic (exact) mass is 1220 g/mol. The topological polar surface area (TPSA) is 116 Å². The summed E-state index contributed by atoms with van der Waals surface area (Å²) < 4.78 is 0. The third kappa shape index (κ3) is 10.0. The highest BCUT2D eigenvalue weighted by Crippen LogP contribution is 2.42. The van der Waals surface area contributed by atoms with E-state index in [4.69, 9.17) is 34.9 Å². The number of para-hydroxylation sites is 2. The summed E-state index contributed by atoms with van der Waals surface area (Å²) in [6, 6.07) is 107. The Morgan fingerprint density at radius 2 is 0.583 bits per heavy atom. The number of hydrogen-bond donors (Lipinski definition) is 0. The van der Waals surface area contributed by atoms with Gasteiger partial charge in [-0.2, -0.15) is 0 Å². The zero-order valence-corrected chi connectivity index (χ0v) is 51.6. The predicted octanol–water partition coefficient (Wildman–Crippen LogP) is 21.6. The Hall–Kier alpha value is -13.1. The van der Waals surface area contributed by atoms with Crippen LogP contribution in [-0.2, 0) is 0 Å². The van der Waals surface area contributed by atoms with Gasteiger partial charge in [0.1, 0.15) is 0 Å². The second-order valence-corrected chi connectivity index (χ2v) is 24.0. The van der Waals surface area contributed by atoms with Crippen molar-refractivity contribution in [1.29, 1.82) is 0 Å². The molecule has 9 heteroatoms. The molecule has 10 aromatic carbocycles. The van der Waals surface area contributed by atoms with Crippen LogP contribution in [0.1, 0.15) is 0 Å². The van der Waals surface area contributed by atoms with Crippen molar-refractivity contribution in [2.24, 2.45) is 0 Å². The van der Waals surface area contributed by atoms with Crippen molar-refractivity contribution in [3.8, 4) is 90.1 Å². The van der Waals surface area contributed by atoms with Crippen LogP contribution in [0, 0.1) is 0 Å². The molecular weight excluding hydrogens is 1170 g/mol. The van der Waals surface area contributed by atoms with Crippen LogP contribution in [0.25, 0.3) is 188 Å². The molecule has 0 spiro atoms. The van der Waals surface area contributed by atoms with Gasteiger partial charge in [-0.3, -0.25) is 9.97 Å². The molecular formula is C87H53N9. The van der Waals surface area contributed by atoms with Gasteiger partial charge >= 0.3 is 0 Å². The van der Waals surface area contributed by atoms with Gasteiger partial charge in [0.25, 0.3) is 0 Å². The standard InChI is InChI=1S/C46H28N4.C41H25N5/c1-2-10-30(11-3-1)44-37-14-6-7-15-39(37)50-46-38(44)22-19-31-21-25-40(49-45(31)46)36-24-23-33(34-12-4-5-13-35(34)36)32-18-17-29-20-26-42(48-43(29)28-32)41-16-8-9-27-47-41;1-2-9-27(10-3-1)39-30-11-4-5-12-33(30)45-41-31(39)21-18-28-20-23-37(46-40(28)41)35-15-8-14-32(43-35)29-17-16-26-19-22-36(44-38(26)25-29)34-13-6-7-24-42-34/h1-28H;1-25H. The van der Waals surface area contributed by atoms with E-state index in [1.165, 1.54) is 22.1 Å². The summed E-state index contributed by atoms with van der Waals surface area (Å²) in [5.74, 6) is 0. The lowest BCUT2D eigenvalue weighted by molar-refractivity contribution is 1.27. The van der Waals surface area contributed by atoms with Crippen molar-refractivity contribution in [1.82, 2.24) is 44.9 Å². The molecule has 0 unspecified atom stereocenters. The maximum atomic E-state index is 5.37. The maximum absolute atomic E-state index is 5.37. The van der Waals surface area contributed by atoms with E-state index in [0.29, 0.717) is 0 Å². The number of hydrogen-bond acceptors (Lipinski definition) is 9. The van der Waals surface area contributed by atoms with Crippen LogP contribution in [0.15, 0.2) is 322 Å². The number of pyridine rings is 9. The van der Waals surface area contributed by atoms with Crippen molar-refractivity contribution in [3.63, 3.8) is 0 Å². The number of fused-ring (bicyclic) bond motifs is 11. The van der Waals surface area contributed by atoms with Crippen LogP contribution < -0.4 is 0 Å². The first-order valence-corrected chi connectivity index (χ1v) is 32.1. The zero-order chi connectivity index (χ0) is 63.5. The van der Waals surface area contributed by atoms with Crippen molar-refractivity contribution in [2.45, 2.75) is 0 Å². The van der Waals surface area contributed by atoms with E-state index in [1.807, 2.05) is 84.9 Å². The molecule has 446 valence electrons. The fourth-order valence-electron chi connectivity index (χ4n) is 13.6. The molecule has 0 radical (unpaired) electrons. The lowest BCUT2D eigenvalue weighted by atomic mass is 9.92. The average molecular weight is 1220 g/mol. The third-order valence-corrected chi connectivity index (χ3v) is 18.2. The second kappa shape index (κ2) is 23.5. The molecule has 19 aromatic rings. The summed E-state index contributed by atoms with van der Waals surface area (Å²) in [5, 5.41) is 11.0. The van der Waals surface area contributed by atoms with Gasteiger partial charge in [0, 0.05) is 77.7 Å². The SMILES string of the molecule is c1ccc(-c2c3ccccc3nc3c2ccc2ccc(-c4ccc(-c5ccc6ccc(-c7ccccn7)nc6c5)c5ccccc45)nc23)cc1.c1ccc(-c2c3ccccc3nc3c2ccc2ccc(-c4cccc(-c5ccc6ccc(-c7ccccn7)nc6c5)n4)nc23)cc1. The van der Waals surface area contributed by atoms with Gasteiger partial charge in [-0.05, 0) is 118 Å². The van der Waals surface area contributed by atoms with Crippen LogP contribution in [0.5, 0.6) is 0 Å². The first-order chi connectivity index (χ1) is 47.6. The van der Waals surface area contributed by atoms with Crippen molar-refractivity contribution < 1.29 is 0 Å². The Bertz CT molecular complexity index is 6270. The lowest BCUT2D eigenvalue weighted by Crippen LogP contribution is -1.94. The van der Waals surface area contributed by atoms with Crippen molar-refractivity contribution in [2.75, 3.05) is 0 Å². The summed E-state index contributed by atoms with van der Waals surface area (Å²) in [4.78, 5) is 44.9. The molecule has 9 aromatic heterocycles. The largest absolute Gasteiger partial charge is 0.255 e. The minimum atomic E-state index is 0.800. The van der Waals surface area contributed by atoms with Crippen LogP contribution in [-0.4, -0.2) is 44.9 Å². The molecule has 0 aliphatic heterocycles.